The first kappa shape index (κ1) is 14.5. The van der Waals surface area contributed by atoms with E-state index in [4.69, 9.17) is 9.47 Å². The molecule has 2 fully saturated rings. The number of aromatic amines is 1. The summed E-state index contributed by atoms with van der Waals surface area (Å²) in [7, 11) is 0. The van der Waals surface area contributed by atoms with Gasteiger partial charge in [0.05, 0.1) is 33.0 Å². The molecule has 0 aromatic carbocycles. The number of carbonyl (C=O) groups excluding carboxylic acids is 1. The SMILES string of the molecule is Cc1cnc([C@@H]2COCCN2C(=O)CN2CCOCC2)[nH]1. The van der Waals surface area contributed by atoms with E-state index in [1.807, 2.05) is 11.8 Å². The van der Waals surface area contributed by atoms with Crippen molar-refractivity contribution in [3.63, 3.8) is 0 Å². The Labute approximate surface area is 124 Å². The van der Waals surface area contributed by atoms with Gasteiger partial charge in [-0.1, -0.05) is 0 Å². The summed E-state index contributed by atoms with van der Waals surface area (Å²) in [5.74, 6) is 0.946. The number of nitrogens with one attached hydrogen (secondary N) is 1. The number of hydrogen-bond donors (Lipinski definition) is 1. The molecule has 3 rings (SSSR count). The van der Waals surface area contributed by atoms with Crippen LogP contribution in [0, 0.1) is 6.92 Å². The molecule has 1 atom stereocenters. The van der Waals surface area contributed by atoms with Gasteiger partial charge in [0.1, 0.15) is 11.9 Å². The number of aryl methyl sites for hydroxylation is 1. The minimum atomic E-state index is -0.110. The van der Waals surface area contributed by atoms with Crippen LogP contribution < -0.4 is 0 Å². The third-order valence-corrected chi connectivity index (χ3v) is 3.95. The Morgan fingerprint density at radius 2 is 2.10 bits per heavy atom. The molecular weight excluding hydrogens is 272 g/mol. The van der Waals surface area contributed by atoms with Crippen molar-refractivity contribution in [1.29, 1.82) is 0 Å². The van der Waals surface area contributed by atoms with Crippen molar-refractivity contribution in [2.45, 2.75) is 13.0 Å². The first-order valence-electron chi connectivity index (χ1n) is 7.43. The molecule has 116 valence electrons. The van der Waals surface area contributed by atoms with Gasteiger partial charge in [-0.15, -0.1) is 0 Å². The van der Waals surface area contributed by atoms with E-state index in [-0.39, 0.29) is 11.9 Å². The van der Waals surface area contributed by atoms with Gasteiger partial charge in [0.2, 0.25) is 5.91 Å². The summed E-state index contributed by atoms with van der Waals surface area (Å²) >= 11 is 0. The summed E-state index contributed by atoms with van der Waals surface area (Å²) in [6.45, 7) is 7.16. The number of hydrogen-bond acceptors (Lipinski definition) is 5. The normalized spacial score (nSPS) is 24.2. The highest BCUT2D eigenvalue weighted by atomic mass is 16.5. The van der Waals surface area contributed by atoms with E-state index >= 15 is 0 Å². The summed E-state index contributed by atoms with van der Waals surface area (Å²) in [5, 5.41) is 0. The molecule has 21 heavy (non-hydrogen) atoms. The fourth-order valence-electron chi connectivity index (χ4n) is 2.77. The lowest BCUT2D eigenvalue weighted by atomic mass is 10.2. The average Bonchev–Trinajstić information content (AvgIpc) is 2.95. The number of aromatic nitrogens is 2. The summed E-state index contributed by atoms with van der Waals surface area (Å²) in [4.78, 5) is 24.2. The highest BCUT2D eigenvalue weighted by molar-refractivity contribution is 5.78. The van der Waals surface area contributed by atoms with Gasteiger partial charge < -0.3 is 19.4 Å². The molecule has 0 unspecified atom stereocenters. The standard InChI is InChI=1S/C14H22N4O3/c1-11-8-15-14(16-11)12-10-21-7-4-18(12)13(19)9-17-2-5-20-6-3-17/h8,12H,2-7,9-10H2,1H3,(H,15,16)/t12-/m0/s1. The summed E-state index contributed by atoms with van der Waals surface area (Å²) < 4.78 is 10.8. The van der Waals surface area contributed by atoms with Crippen molar-refractivity contribution >= 4 is 5.91 Å². The molecule has 7 nitrogen and oxygen atoms in total. The van der Waals surface area contributed by atoms with Crippen LogP contribution in [0.25, 0.3) is 0 Å². The first-order valence-corrected chi connectivity index (χ1v) is 7.43. The maximum atomic E-state index is 12.6. The minimum absolute atomic E-state index is 0.110. The van der Waals surface area contributed by atoms with Crippen molar-refractivity contribution in [2.75, 3.05) is 52.6 Å². The van der Waals surface area contributed by atoms with Crippen molar-refractivity contribution in [3.8, 4) is 0 Å². The Hall–Kier alpha value is -1.44. The van der Waals surface area contributed by atoms with Gasteiger partial charge in [0, 0.05) is 31.5 Å². The molecule has 0 aliphatic carbocycles. The highest BCUT2D eigenvalue weighted by Gasteiger charge is 2.31. The Morgan fingerprint density at radius 3 is 2.81 bits per heavy atom. The van der Waals surface area contributed by atoms with Crippen LogP contribution in [0.2, 0.25) is 0 Å². The second-order valence-corrected chi connectivity index (χ2v) is 5.52. The van der Waals surface area contributed by atoms with Crippen LogP contribution in [-0.2, 0) is 14.3 Å². The van der Waals surface area contributed by atoms with E-state index in [9.17, 15) is 4.79 Å². The molecule has 1 aromatic heterocycles. The molecule has 2 aliphatic heterocycles. The molecule has 2 aliphatic rings. The fraction of sp³-hybridized carbons (Fsp3) is 0.714. The van der Waals surface area contributed by atoms with Crippen LogP contribution >= 0.6 is 0 Å². The first-order chi connectivity index (χ1) is 10.2. The molecular formula is C14H22N4O3. The third-order valence-electron chi connectivity index (χ3n) is 3.95. The Kier molecular flexibility index (Phi) is 4.52. The smallest absolute Gasteiger partial charge is 0.237 e. The number of carbonyl (C=O) groups is 1. The number of morpholine rings is 2. The number of H-pyrrole nitrogens is 1. The maximum absolute atomic E-state index is 12.6. The van der Waals surface area contributed by atoms with Crippen LogP contribution in [0.5, 0.6) is 0 Å². The highest BCUT2D eigenvalue weighted by Crippen LogP contribution is 2.22. The monoisotopic (exact) mass is 294 g/mol. The van der Waals surface area contributed by atoms with E-state index < -0.39 is 0 Å². The van der Waals surface area contributed by atoms with Crippen LogP contribution in [0.3, 0.4) is 0 Å². The minimum Gasteiger partial charge on any atom is -0.379 e. The largest absolute Gasteiger partial charge is 0.379 e. The molecule has 3 heterocycles. The lowest BCUT2D eigenvalue weighted by Gasteiger charge is -2.36. The lowest BCUT2D eigenvalue weighted by molar-refractivity contribution is -0.142. The van der Waals surface area contributed by atoms with E-state index in [1.54, 1.807) is 6.20 Å². The van der Waals surface area contributed by atoms with Crippen molar-refractivity contribution in [2.24, 2.45) is 0 Å². The Bertz CT molecular complexity index is 484. The van der Waals surface area contributed by atoms with E-state index in [0.717, 1.165) is 24.6 Å². The van der Waals surface area contributed by atoms with Gasteiger partial charge in [-0.05, 0) is 6.92 Å². The van der Waals surface area contributed by atoms with Crippen LogP contribution in [0.1, 0.15) is 17.6 Å². The van der Waals surface area contributed by atoms with Crippen LogP contribution in [0.4, 0.5) is 0 Å². The number of ether oxygens (including phenoxy) is 2. The van der Waals surface area contributed by atoms with Crippen LogP contribution in [0.15, 0.2) is 6.20 Å². The van der Waals surface area contributed by atoms with Crippen molar-refractivity contribution in [3.05, 3.63) is 17.7 Å². The van der Waals surface area contributed by atoms with Gasteiger partial charge >= 0.3 is 0 Å². The van der Waals surface area contributed by atoms with Crippen molar-refractivity contribution in [1.82, 2.24) is 19.8 Å². The van der Waals surface area contributed by atoms with E-state index in [1.165, 1.54) is 0 Å². The number of imidazole rings is 1. The quantitative estimate of drug-likeness (QED) is 0.846. The van der Waals surface area contributed by atoms with Gasteiger partial charge in [-0.25, -0.2) is 4.98 Å². The predicted molar refractivity (Wildman–Crippen MR) is 75.9 cm³/mol. The van der Waals surface area contributed by atoms with Gasteiger partial charge in [0.15, 0.2) is 0 Å². The summed E-state index contributed by atoms with van der Waals surface area (Å²) in [5.41, 5.74) is 0.996. The average molecular weight is 294 g/mol. The molecule has 0 spiro atoms. The molecule has 0 saturated carbocycles. The number of rotatable bonds is 3. The molecule has 0 radical (unpaired) electrons. The Balaban J connectivity index is 1.66. The molecule has 0 bridgehead atoms. The molecule has 1 amide bonds. The topological polar surface area (TPSA) is 70.7 Å². The van der Waals surface area contributed by atoms with Crippen LogP contribution in [-0.4, -0.2) is 78.3 Å². The molecule has 1 N–H and O–H groups in total. The summed E-state index contributed by atoms with van der Waals surface area (Å²) in [6, 6.07) is -0.110. The fourth-order valence-corrected chi connectivity index (χ4v) is 2.77. The zero-order chi connectivity index (χ0) is 14.7. The van der Waals surface area contributed by atoms with E-state index in [0.29, 0.717) is 39.5 Å². The van der Waals surface area contributed by atoms with Gasteiger partial charge in [-0.3, -0.25) is 9.69 Å². The maximum Gasteiger partial charge on any atom is 0.237 e. The second kappa shape index (κ2) is 6.55. The third kappa shape index (κ3) is 3.42. The number of amides is 1. The van der Waals surface area contributed by atoms with E-state index in [2.05, 4.69) is 14.9 Å². The van der Waals surface area contributed by atoms with Gasteiger partial charge in [0.25, 0.3) is 0 Å². The molecule has 7 heteroatoms. The second-order valence-electron chi connectivity index (χ2n) is 5.52. The molecule has 1 aromatic rings. The zero-order valence-electron chi connectivity index (χ0n) is 12.4. The zero-order valence-corrected chi connectivity index (χ0v) is 12.4. The lowest BCUT2D eigenvalue weighted by Crippen LogP contribution is -2.49. The van der Waals surface area contributed by atoms with Crippen molar-refractivity contribution < 1.29 is 14.3 Å². The Morgan fingerprint density at radius 1 is 1.33 bits per heavy atom. The number of nitrogens with zero attached hydrogens (tertiary/aromatic N) is 3. The molecule has 2 saturated heterocycles. The predicted octanol–water partition coefficient (Wildman–Crippen LogP) is -0.0498. The summed E-state index contributed by atoms with van der Waals surface area (Å²) in [6.07, 6.45) is 1.79. The van der Waals surface area contributed by atoms with Gasteiger partial charge in [-0.2, -0.15) is 0 Å².